The average Bonchev–Trinajstić information content (AvgIpc) is 3.21. The second kappa shape index (κ2) is 10.7. The first-order valence-electron chi connectivity index (χ1n) is 11.2. The zero-order chi connectivity index (χ0) is 22.7. The van der Waals surface area contributed by atoms with E-state index in [1.165, 1.54) is 10.3 Å². The van der Waals surface area contributed by atoms with Crippen LogP contribution in [0.15, 0.2) is 60.0 Å². The predicted octanol–water partition coefficient (Wildman–Crippen LogP) is 4.49. The quantitative estimate of drug-likeness (QED) is 0.540. The summed E-state index contributed by atoms with van der Waals surface area (Å²) in [5.74, 6) is 0.135. The summed E-state index contributed by atoms with van der Waals surface area (Å²) in [6, 6.07) is 18.0. The van der Waals surface area contributed by atoms with Gasteiger partial charge < -0.3 is 16.0 Å². The van der Waals surface area contributed by atoms with Gasteiger partial charge in [-0.2, -0.15) is 0 Å². The van der Waals surface area contributed by atoms with E-state index in [0.29, 0.717) is 25.4 Å². The molecule has 0 unspecified atom stereocenters. The van der Waals surface area contributed by atoms with E-state index in [4.69, 9.17) is 5.73 Å². The maximum absolute atomic E-state index is 13.5. The molecule has 3 aromatic rings. The molecule has 1 saturated heterocycles. The molecule has 1 fully saturated rings. The lowest BCUT2D eigenvalue weighted by molar-refractivity contribution is -0.138. The number of thiophene rings is 1. The molecule has 5 nitrogen and oxygen atoms in total. The van der Waals surface area contributed by atoms with Gasteiger partial charge in [0.05, 0.1) is 5.54 Å². The summed E-state index contributed by atoms with van der Waals surface area (Å²) >= 11 is 1.66. The first kappa shape index (κ1) is 25.2. The molecule has 33 heavy (non-hydrogen) atoms. The van der Waals surface area contributed by atoms with Crippen LogP contribution in [0.2, 0.25) is 0 Å². The van der Waals surface area contributed by atoms with Crippen LogP contribution in [0.3, 0.4) is 0 Å². The molecule has 2 amide bonds. The van der Waals surface area contributed by atoms with Crippen LogP contribution in [0.4, 0.5) is 0 Å². The van der Waals surface area contributed by atoms with Crippen LogP contribution in [0.5, 0.6) is 0 Å². The summed E-state index contributed by atoms with van der Waals surface area (Å²) in [4.78, 5) is 28.1. The zero-order valence-electron chi connectivity index (χ0n) is 19.1. The Hall–Kier alpha value is -2.41. The van der Waals surface area contributed by atoms with Gasteiger partial charge in [-0.1, -0.05) is 48.5 Å². The minimum Gasteiger partial charge on any atom is -0.342 e. The largest absolute Gasteiger partial charge is 0.342 e. The highest BCUT2D eigenvalue weighted by Crippen LogP contribution is 2.29. The molecule has 3 N–H and O–H groups in total. The van der Waals surface area contributed by atoms with Crippen LogP contribution in [-0.2, 0) is 16.0 Å². The molecule has 1 aliphatic rings. The molecular formula is C26H32ClN3O2S. The van der Waals surface area contributed by atoms with Crippen molar-refractivity contribution < 1.29 is 9.59 Å². The van der Waals surface area contributed by atoms with Gasteiger partial charge in [-0.25, -0.2) is 0 Å². The van der Waals surface area contributed by atoms with Crippen molar-refractivity contribution in [1.82, 2.24) is 10.2 Å². The van der Waals surface area contributed by atoms with Crippen molar-refractivity contribution in [1.29, 1.82) is 0 Å². The van der Waals surface area contributed by atoms with E-state index in [1.54, 1.807) is 25.2 Å². The molecule has 0 saturated carbocycles. The summed E-state index contributed by atoms with van der Waals surface area (Å²) in [6.45, 7) is 4.72. The highest BCUT2D eigenvalue weighted by molar-refractivity contribution is 7.17. The number of nitrogens with two attached hydrogens (primary N) is 1. The second-order valence-electron chi connectivity index (χ2n) is 9.22. The Labute approximate surface area is 205 Å². The van der Waals surface area contributed by atoms with Crippen molar-refractivity contribution in [2.75, 3.05) is 13.1 Å². The first-order chi connectivity index (χ1) is 15.3. The van der Waals surface area contributed by atoms with Gasteiger partial charge in [0, 0.05) is 24.2 Å². The number of piperidine rings is 1. The lowest BCUT2D eigenvalue weighted by Crippen LogP contribution is -2.57. The summed E-state index contributed by atoms with van der Waals surface area (Å²) in [7, 11) is 0. The van der Waals surface area contributed by atoms with Crippen LogP contribution in [0.1, 0.15) is 43.7 Å². The number of carbonyl (C=O) groups is 2. The second-order valence-corrected chi connectivity index (χ2v) is 10.1. The Bertz CT molecular complexity index is 1090. The SMILES string of the molecule is CC(C)(N)C(=O)N[C@H](Cc1csc2ccccc12)C(=O)N1CCC(c2ccccc2)CC1.Cl. The fourth-order valence-corrected chi connectivity index (χ4v) is 5.31. The molecule has 0 spiro atoms. The van der Waals surface area contributed by atoms with E-state index in [2.05, 4.69) is 47.1 Å². The number of hydrogen-bond acceptors (Lipinski definition) is 4. The summed E-state index contributed by atoms with van der Waals surface area (Å²) in [5.41, 5.74) is 7.39. The fourth-order valence-electron chi connectivity index (χ4n) is 4.33. The van der Waals surface area contributed by atoms with Crippen LogP contribution in [0.25, 0.3) is 10.1 Å². The van der Waals surface area contributed by atoms with E-state index in [1.807, 2.05) is 23.1 Å². The van der Waals surface area contributed by atoms with Gasteiger partial charge in [-0.05, 0) is 60.6 Å². The molecule has 2 heterocycles. The smallest absolute Gasteiger partial charge is 0.245 e. The van der Waals surface area contributed by atoms with Crippen LogP contribution >= 0.6 is 23.7 Å². The standard InChI is InChI=1S/C26H31N3O2S.ClH/c1-26(2,27)25(31)28-22(16-20-17-32-23-11-7-6-10-21(20)23)24(30)29-14-12-19(13-15-29)18-8-4-3-5-9-18;/h3-11,17,19,22H,12-16,27H2,1-2H3,(H,28,31);1H/t22-;/m1./s1. The third kappa shape index (κ3) is 5.94. The summed E-state index contributed by atoms with van der Waals surface area (Å²) in [5, 5.41) is 6.18. The van der Waals surface area contributed by atoms with E-state index >= 15 is 0 Å². The molecule has 0 aliphatic carbocycles. The maximum Gasteiger partial charge on any atom is 0.245 e. The Balaban J connectivity index is 0.00000306. The number of fused-ring (bicyclic) bond motifs is 1. The van der Waals surface area contributed by atoms with Crippen molar-refractivity contribution in [2.24, 2.45) is 5.73 Å². The van der Waals surface area contributed by atoms with Gasteiger partial charge in [-0.15, -0.1) is 23.7 Å². The van der Waals surface area contributed by atoms with Crippen LogP contribution < -0.4 is 11.1 Å². The fraction of sp³-hybridized carbons (Fsp3) is 0.385. The molecule has 0 bridgehead atoms. The Kier molecular flexibility index (Phi) is 8.16. The number of rotatable bonds is 6. The summed E-state index contributed by atoms with van der Waals surface area (Å²) in [6.07, 6.45) is 2.32. The Morgan fingerprint density at radius 3 is 2.39 bits per heavy atom. The molecule has 0 radical (unpaired) electrons. The molecule has 1 aromatic heterocycles. The lowest BCUT2D eigenvalue weighted by Gasteiger charge is -2.35. The van der Waals surface area contributed by atoms with Gasteiger partial charge in [0.1, 0.15) is 6.04 Å². The highest BCUT2D eigenvalue weighted by Gasteiger charge is 2.33. The van der Waals surface area contributed by atoms with Gasteiger partial charge in [0.25, 0.3) is 0 Å². The third-order valence-electron chi connectivity index (χ3n) is 6.25. The predicted molar refractivity (Wildman–Crippen MR) is 138 cm³/mol. The number of nitrogens with zero attached hydrogens (tertiary/aromatic N) is 1. The minimum atomic E-state index is -1.05. The van der Waals surface area contributed by atoms with E-state index < -0.39 is 11.6 Å². The van der Waals surface area contributed by atoms with Crippen LogP contribution in [0, 0.1) is 0 Å². The van der Waals surface area contributed by atoms with Gasteiger partial charge in [-0.3, -0.25) is 9.59 Å². The average molecular weight is 486 g/mol. The van der Waals surface area contributed by atoms with E-state index in [9.17, 15) is 9.59 Å². The van der Waals surface area contributed by atoms with Crippen LogP contribution in [-0.4, -0.2) is 41.4 Å². The van der Waals surface area contributed by atoms with Gasteiger partial charge in [0.2, 0.25) is 11.8 Å². The Morgan fingerprint density at radius 1 is 1.09 bits per heavy atom. The molecule has 2 aromatic carbocycles. The third-order valence-corrected chi connectivity index (χ3v) is 7.26. The molecular weight excluding hydrogens is 454 g/mol. The van der Waals surface area contributed by atoms with Crippen molar-refractivity contribution >= 4 is 45.6 Å². The number of benzene rings is 2. The topological polar surface area (TPSA) is 75.4 Å². The highest BCUT2D eigenvalue weighted by atomic mass is 35.5. The monoisotopic (exact) mass is 485 g/mol. The van der Waals surface area contributed by atoms with Crippen molar-refractivity contribution in [2.45, 2.75) is 50.6 Å². The van der Waals surface area contributed by atoms with Gasteiger partial charge >= 0.3 is 0 Å². The minimum absolute atomic E-state index is 0. The molecule has 176 valence electrons. The van der Waals surface area contributed by atoms with Crippen molar-refractivity contribution in [3.05, 3.63) is 71.1 Å². The molecule has 1 atom stereocenters. The number of likely N-dealkylation sites (tertiary alicyclic amines) is 1. The number of halogens is 1. The number of nitrogens with one attached hydrogen (secondary N) is 1. The summed E-state index contributed by atoms with van der Waals surface area (Å²) < 4.78 is 1.18. The molecule has 1 aliphatic heterocycles. The van der Waals surface area contributed by atoms with Gasteiger partial charge in [0.15, 0.2) is 0 Å². The van der Waals surface area contributed by atoms with Crippen molar-refractivity contribution in [3.63, 3.8) is 0 Å². The number of carbonyl (C=O) groups excluding carboxylic acids is 2. The molecule has 7 heteroatoms. The van der Waals surface area contributed by atoms with Crippen molar-refractivity contribution in [3.8, 4) is 0 Å². The maximum atomic E-state index is 13.5. The van der Waals surface area contributed by atoms with E-state index in [0.717, 1.165) is 23.8 Å². The lowest BCUT2D eigenvalue weighted by atomic mass is 9.89. The Morgan fingerprint density at radius 2 is 1.73 bits per heavy atom. The first-order valence-corrected chi connectivity index (χ1v) is 12.1. The van der Waals surface area contributed by atoms with E-state index in [-0.39, 0.29) is 24.2 Å². The number of amides is 2. The molecule has 4 rings (SSSR count). The zero-order valence-corrected chi connectivity index (χ0v) is 20.8. The number of hydrogen-bond donors (Lipinski definition) is 2. The normalized spacial score (nSPS) is 15.7.